The standard InChI is InChI=1S/C13H14ClN3/c1-17-12(15)11(16-13(17)8-6-7-8)9-4-2-3-5-10(9)14/h2-5,8H,6-7,15H2,1H3. The van der Waals surface area contributed by atoms with Gasteiger partial charge >= 0.3 is 0 Å². The van der Waals surface area contributed by atoms with Gasteiger partial charge in [-0.15, -0.1) is 0 Å². The molecule has 17 heavy (non-hydrogen) atoms. The molecule has 0 amide bonds. The van der Waals surface area contributed by atoms with E-state index in [0.717, 1.165) is 17.1 Å². The van der Waals surface area contributed by atoms with Crippen molar-refractivity contribution in [1.29, 1.82) is 0 Å². The van der Waals surface area contributed by atoms with Gasteiger partial charge in [-0.05, 0) is 18.9 Å². The van der Waals surface area contributed by atoms with Gasteiger partial charge < -0.3 is 10.3 Å². The fourth-order valence-electron chi connectivity index (χ4n) is 2.09. The van der Waals surface area contributed by atoms with E-state index >= 15 is 0 Å². The quantitative estimate of drug-likeness (QED) is 0.886. The van der Waals surface area contributed by atoms with Crippen molar-refractivity contribution >= 4 is 17.4 Å². The first kappa shape index (κ1) is 10.7. The molecule has 0 aliphatic heterocycles. The second kappa shape index (κ2) is 3.77. The fourth-order valence-corrected chi connectivity index (χ4v) is 2.31. The van der Waals surface area contributed by atoms with Crippen molar-refractivity contribution in [2.45, 2.75) is 18.8 Å². The first-order valence-corrected chi connectivity index (χ1v) is 6.13. The van der Waals surface area contributed by atoms with Gasteiger partial charge in [0.25, 0.3) is 0 Å². The number of benzene rings is 1. The molecule has 0 spiro atoms. The molecule has 2 aromatic rings. The Morgan fingerprint density at radius 2 is 2.06 bits per heavy atom. The van der Waals surface area contributed by atoms with Crippen LogP contribution in [0.2, 0.25) is 5.02 Å². The number of nitrogens with zero attached hydrogens (tertiary/aromatic N) is 2. The molecule has 0 unspecified atom stereocenters. The lowest BCUT2D eigenvalue weighted by Crippen LogP contribution is -2.00. The van der Waals surface area contributed by atoms with Crippen molar-refractivity contribution in [3.63, 3.8) is 0 Å². The lowest BCUT2D eigenvalue weighted by atomic mass is 10.1. The number of anilines is 1. The molecule has 1 saturated carbocycles. The minimum absolute atomic E-state index is 0.582. The molecule has 1 aliphatic rings. The van der Waals surface area contributed by atoms with Crippen LogP contribution in [0.15, 0.2) is 24.3 Å². The largest absolute Gasteiger partial charge is 0.383 e. The summed E-state index contributed by atoms with van der Waals surface area (Å²) in [6.45, 7) is 0. The van der Waals surface area contributed by atoms with Gasteiger partial charge in [0, 0.05) is 18.5 Å². The molecule has 1 aliphatic carbocycles. The summed E-state index contributed by atoms with van der Waals surface area (Å²) in [7, 11) is 1.97. The highest BCUT2D eigenvalue weighted by Gasteiger charge is 2.30. The van der Waals surface area contributed by atoms with Crippen LogP contribution in [0.4, 0.5) is 5.82 Å². The van der Waals surface area contributed by atoms with E-state index in [1.54, 1.807) is 0 Å². The summed E-state index contributed by atoms with van der Waals surface area (Å²) in [6.07, 6.45) is 2.43. The average molecular weight is 248 g/mol. The first-order chi connectivity index (χ1) is 8.18. The maximum Gasteiger partial charge on any atom is 0.131 e. The predicted molar refractivity (Wildman–Crippen MR) is 70.0 cm³/mol. The predicted octanol–water partition coefficient (Wildman–Crippen LogP) is 3.20. The number of nitrogen functional groups attached to an aromatic ring is 1. The summed E-state index contributed by atoms with van der Waals surface area (Å²) in [5.41, 5.74) is 7.83. The summed E-state index contributed by atoms with van der Waals surface area (Å²) in [4.78, 5) is 4.66. The molecule has 1 fully saturated rings. The smallest absolute Gasteiger partial charge is 0.131 e. The summed E-state index contributed by atoms with van der Waals surface area (Å²) < 4.78 is 1.98. The van der Waals surface area contributed by atoms with Crippen molar-refractivity contribution in [3.8, 4) is 11.3 Å². The van der Waals surface area contributed by atoms with Gasteiger partial charge in [-0.2, -0.15) is 0 Å². The minimum atomic E-state index is 0.582. The molecule has 4 heteroatoms. The minimum Gasteiger partial charge on any atom is -0.383 e. The van der Waals surface area contributed by atoms with Gasteiger partial charge in [0.1, 0.15) is 17.3 Å². The van der Waals surface area contributed by atoms with Crippen molar-refractivity contribution < 1.29 is 0 Å². The second-order valence-corrected chi connectivity index (χ2v) is 4.92. The summed E-state index contributed by atoms with van der Waals surface area (Å²) in [6, 6.07) is 7.68. The molecule has 2 N–H and O–H groups in total. The topological polar surface area (TPSA) is 43.8 Å². The molecule has 0 radical (unpaired) electrons. The van der Waals surface area contributed by atoms with E-state index in [4.69, 9.17) is 17.3 Å². The molecular formula is C13H14ClN3. The fraction of sp³-hybridized carbons (Fsp3) is 0.308. The maximum atomic E-state index is 6.18. The zero-order valence-corrected chi connectivity index (χ0v) is 10.4. The van der Waals surface area contributed by atoms with Gasteiger partial charge in [0.2, 0.25) is 0 Å². The zero-order valence-electron chi connectivity index (χ0n) is 9.65. The highest BCUT2D eigenvalue weighted by Crippen LogP contribution is 2.42. The van der Waals surface area contributed by atoms with Crippen LogP contribution in [-0.4, -0.2) is 9.55 Å². The Morgan fingerprint density at radius 1 is 1.35 bits per heavy atom. The third-order valence-corrected chi connectivity index (χ3v) is 3.58. The maximum absolute atomic E-state index is 6.18. The molecule has 1 aromatic carbocycles. The summed E-state index contributed by atoms with van der Waals surface area (Å²) >= 11 is 6.18. The molecule has 88 valence electrons. The third-order valence-electron chi connectivity index (χ3n) is 3.25. The number of aromatic nitrogens is 2. The molecular weight excluding hydrogens is 234 g/mol. The second-order valence-electron chi connectivity index (χ2n) is 4.52. The monoisotopic (exact) mass is 247 g/mol. The van der Waals surface area contributed by atoms with Gasteiger partial charge in [0.05, 0.1) is 5.02 Å². The third kappa shape index (κ3) is 1.71. The van der Waals surface area contributed by atoms with E-state index in [1.807, 2.05) is 35.9 Å². The van der Waals surface area contributed by atoms with Crippen molar-refractivity contribution in [1.82, 2.24) is 9.55 Å². The van der Waals surface area contributed by atoms with Gasteiger partial charge in [0.15, 0.2) is 0 Å². The molecule has 1 aromatic heterocycles. The Labute approximate surface area is 105 Å². The molecule has 0 bridgehead atoms. The van der Waals surface area contributed by atoms with Gasteiger partial charge in [-0.1, -0.05) is 29.8 Å². The van der Waals surface area contributed by atoms with Gasteiger partial charge in [-0.3, -0.25) is 0 Å². The van der Waals surface area contributed by atoms with E-state index in [0.29, 0.717) is 16.8 Å². The highest BCUT2D eigenvalue weighted by molar-refractivity contribution is 6.33. The Bertz CT molecular complexity index is 570. The van der Waals surface area contributed by atoms with E-state index in [-0.39, 0.29) is 0 Å². The Hall–Kier alpha value is -1.48. The van der Waals surface area contributed by atoms with Crippen LogP contribution < -0.4 is 5.73 Å². The molecule has 3 nitrogen and oxygen atoms in total. The summed E-state index contributed by atoms with van der Waals surface area (Å²) in [5.74, 6) is 2.36. The molecule has 0 atom stereocenters. The highest BCUT2D eigenvalue weighted by atomic mass is 35.5. The van der Waals surface area contributed by atoms with Crippen molar-refractivity contribution in [2.24, 2.45) is 7.05 Å². The number of nitrogens with two attached hydrogens (primary N) is 1. The van der Waals surface area contributed by atoms with Crippen LogP contribution in [0.1, 0.15) is 24.6 Å². The van der Waals surface area contributed by atoms with E-state index < -0.39 is 0 Å². The van der Waals surface area contributed by atoms with Crippen LogP contribution in [0.3, 0.4) is 0 Å². The van der Waals surface area contributed by atoms with Crippen LogP contribution >= 0.6 is 11.6 Å². The normalized spacial score (nSPS) is 15.2. The van der Waals surface area contributed by atoms with Crippen LogP contribution in [0.5, 0.6) is 0 Å². The number of halogens is 1. The Kier molecular flexibility index (Phi) is 2.37. The summed E-state index contributed by atoms with van der Waals surface area (Å²) in [5, 5.41) is 0.694. The zero-order chi connectivity index (χ0) is 12.0. The average Bonchev–Trinajstić information content (AvgIpc) is 3.11. The number of rotatable bonds is 2. The van der Waals surface area contributed by atoms with Gasteiger partial charge in [-0.25, -0.2) is 4.98 Å². The first-order valence-electron chi connectivity index (χ1n) is 5.75. The van der Waals surface area contributed by atoms with Crippen molar-refractivity contribution in [2.75, 3.05) is 5.73 Å². The Balaban J connectivity index is 2.15. The lowest BCUT2D eigenvalue weighted by molar-refractivity contribution is 0.807. The van der Waals surface area contributed by atoms with Crippen LogP contribution in [-0.2, 0) is 7.05 Å². The Morgan fingerprint density at radius 3 is 2.71 bits per heavy atom. The number of hydrogen-bond donors (Lipinski definition) is 1. The molecule has 3 rings (SSSR count). The SMILES string of the molecule is Cn1c(C2CC2)nc(-c2ccccc2Cl)c1N. The number of imidazole rings is 1. The van der Waals surface area contributed by atoms with Crippen molar-refractivity contribution in [3.05, 3.63) is 35.1 Å². The van der Waals surface area contributed by atoms with E-state index in [2.05, 4.69) is 4.98 Å². The van der Waals surface area contributed by atoms with E-state index in [1.165, 1.54) is 12.8 Å². The van der Waals surface area contributed by atoms with Crippen LogP contribution in [0, 0.1) is 0 Å². The van der Waals surface area contributed by atoms with Crippen LogP contribution in [0.25, 0.3) is 11.3 Å². The van der Waals surface area contributed by atoms with E-state index in [9.17, 15) is 0 Å². The molecule has 1 heterocycles. The number of hydrogen-bond acceptors (Lipinski definition) is 2. The molecule has 0 saturated heterocycles. The lowest BCUT2D eigenvalue weighted by Gasteiger charge is -2.02.